The summed E-state index contributed by atoms with van der Waals surface area (Å²) in [4.78, 5) is 17.1. The van der Waals surface area contributed by atoms with Crippen LogP contribution in [0.2, 0.25) is 0 Å². The molecule has 4 aromatic rings. The average Bonchev–Trinajstić information content (AvgIpc) is 3.11. The van der Waals surface area contributed by atoms with Gasteiger partial charge in [0.05, 0.1) is 5.69 Å². The van der Waals surface area contributed by atoms with Crippen LogP contribution in [0.25, 0.3) is 22.4 Å². The molecule has 3 heteroatoms. The molecule has 1 aromatic heterocycles. The van der Waals surface area contributed by atoms with Gasteiger partial charge in [0.1, 0.15) is 0 Å². The zero-order valence-electron chi connectivity index (χ0n) is 16.1. The first-order chi connectivity index (χ1) is 14.2. The van der Waals surface area contributed by atoms with Crippen LogP contribution in [0.15, 0.2) is 85.1 Å². The summed E-state index contributed by atoms with van der Waals surface area (Å²) >= 11 is 0. The van der Waals surface area contributed by atoms with Crippen molar-refractivity contribution in [1.82, 2.24) is 4.98 Å². The maximum atomic E-state index is 12.7. The lowest BCUT2D eigenvalue weighted by Gasteiger charge is -2.09. The molecule has 1 amide bonds. The van der Waals surface area contributed by atoms with Gasteiger partial charge in [-0.1, -0.05) is 42.5 Å². The third-order valence-corrected chi connectivity index (χ3v) is 5.41. The topological polar surface area (TPSA) is 42.0 Å². The normalized spacial score (nSPS) is 11.6. The van der Waals surface area contributed by atoms with Crippen molar-refractivity contribution in [3.63, 3.8) is 0 Å². The Morgan fingerprint density at radius 3 is 2.48 bits per heavy atom. The molecule has 0 fully saturated rings. The Balaban J connectivity index is 1.34. The van der Waals surface area contributed by atoms with Crippen molar-refractivity contribution in [3.8, 4) is 22.4 Å². The van der Waals surface area contributed by atoms with Crippen LogP contribution in [0.5, 0.6) is 0 Å². The molecule has 0 bridgehead atoms. The molecule has 29 heavy (non-hydrogen) atoms. The second-order valence-corrected chi connectivity index (χ2v) is 7.46. The molecule has 0 saturated carbocycles. The van der Waals surface area contributed by atoms with E-state index in [1.807, 2.05) is 49.4 Å². The minimum absolute atomic E-state index is 0.107. The number of amides is 1. The summed E-state index contributed by atoms with van der Waals surface area (Å²) in [7, 11) is 0. The number of carbonyl (C=O) groups excluding carboxylic acids is 1. The molecule has 3 aromatic carbocycles. The predicted molar refractivity (Wildman–Crippen MR) is 117 cm³/mol. The van der Waals surface area contributed by atoms with Crippen LogP contribution in [0.4, 0.5) is 5.69 Å². The lowest BCUT2D eigenvalue weighted by atomic mass is 10.1. The Kier molecular flexibility index (Phi) is 4.21. The van der Waals surface area contributed by atoms with Gasteiger partial charge in [-0.15, -0.1) is 0 Å². The van der Waals surface area contributed by atoms with Crippen molar-refractivity contribution < 1.29 is 4.79 Å². The van der Waals surface area contributed by atoms with Gasteiger partial charge in [-0.05, 0) is 77.6 Å². The molecule has 0 spiro atoms. The molecule has 140 valence electrons. The Morgan fingerprint density at radius 1 is 0.862 bits per heavy atom. The zero-order valence-corrected chi connectivity index (χ0v) is 16.1. The molecule has 5 rings (SSSR count). The third kappa shape index (κ3) is 3.32. The minimum atomic E-state index is -0.107. The standard InChI is InChI=1S/C26H20N2O/c1-17-12-13-27-25(14-17)18-6-8-19(9-7-18)26(29)28-22-10-11-24-21(16-22)15-20-4-2-3-5-23(20)24/h2-14,16H,15H2,1H3,(H,28,29). The quantitative estimate of drug-likeness (QED) is 0.427. The van der Waals surface area contributed by atoms with E-state index >= 15 is 0 Å². The van der Waals surface area contributed by atoms with Gasteiger partial charge >= 0.3 is 0 Å². The first-order valence-corrected chi connectivity index (χ1v) is 9.73. The number of hydrogen-bond donors (Lipinski definition) is 1. The number of anilines is 1. The van der Waals surface area contributed by atoms with Gasteiger partial charge in [0.15, 0.2) is 0 Å². The number of fused-ring (bicyclic) bond motifs is 3. The summed E-state index contributed by atoms with van der Waals surface area (Å²) in [5.74, 6) is -0.107. The zero-order chi connectivity index (χ0) is 19.8. The van der Waals surface area contributed by atoms with E-state index in [-0.39, 0.29) is 5.91 Å². The second kappa shape index (κ2) is 7.02. The molecule has 0 radical (unpaired) electrons. The van der Waals surface area contributed by atoms with Crippen molar-refractivity contribution in [2.75, 3.05) is 5.32 Å². The number of nitrogens with zero attached hydrogens (tertiary/aromatic N) is 1. The fourth-order valence-electron chi connectivity index (χ4n) is 3.91. The SMILES string of the molecule is Cc1ccnc(-c2ccc(C(=O)Nc3ccc4c(c3)Cc3ccccc3-4)cc2)c1. The number of aryl methyl sites for hydroxylation is 1. The Hall–Kier alpha value is -3.72. The van der Waals surface area contributed by atoms with Crippen molar-refractivity contribution in [2.24, 2.45) is 0 Å². The molecule has 1 aliphatic rings. The highest BCUT2D eigenvalue weighted by Gasteiger charge is 2.18. The van der Waals surface area contributed by atoms with E-state index in [1.54, 1.807) is 6.20 Å². The monoisotopic (exact) mass is 376 g/mol. The summed E-state index contributed by atoms with van der Waals surface area (Å²) < 4.78 is 0. The minimum Gasteiger partial charge on any atom is -0.322 e. The van der Waals surface area contributed by atoms with Crippen LogP contribution < -0.4 is 5.32 Å². The Bertz CT molecular complexity index is 1230. The van der Waals surface area contributed by atoms with Gasteiger partial charge in [-0.2, -0.15) is 0 Å². The predicted octanol–water partition coefficient (Wildman–Crippen LogP) is 5.88. The fraction of sp³-hybridized carbons (Fsp3) is 0.0769. The van der Waals surface area contributed by atoms with Gasteiger partial charge in [0, 0.05) is 23.0 Å². The molecule has 1 heterocycles. The lowest BCUT2D eigenvalue weighted by Crippen LogP contribution is -2.11. The van der Waals surface area contributed by atoms with Crippen LogP contribution >= 0.6 is 0 Å². The first-order valence-electron chi connectivity index (χ1n) is 9.73. The van der Waals surface area contributed by atoms with E-state index in [2.05, 4.69) is 46.7 Å². The number of pyridine rings is 1. The van der Waals surface area contributed by atoms with Gasteiger partial charge in [0.2, 0.25) is 0 Å². The highest BCUT2D eigenvalue weighted by atomic mass is 16.1. The van der Waals surface area contributed by atoms with Gasteiger partial charge < -0.3 is 5.32 Å². The number of nitrogens with one attached hydrogen (secondary N) is 1. The molecule has 0 atom stereocenters. The Morgan fingerprint density at radius 2 is 1.66 bits per heavy atom. The van der Waals surface area contributed by atoms with Crippen LogP contribution in [0.1, 0.15) is 27.0 Å². The average molecular weight is 376 g/mol. The molecule has 1 aliphatic carbocycles. The van der Waals surface area contributed by atoms with Crippen LogP contribution in [0, 0.1) is 6.92 Å². The van der Waals surface area contributed by atoms with Gasteiger partial charge in [-0.3, -0.25) is 9.78 Å². The number of aromatic nitrogens is 1. The third-order valence-electron chi connectivity index (χ3n) is 5.41. The molecule has 3 nitrogen and oxygen atoms in total. The summed E-state index contributed by atoms with van der Waals surface area (Å²) in [6.07, 6.45) is 2.71. The maximum Gasteiger partial charge on any atom is 0.255 e. The molecule has 0 saturated heterocycles. The van der Waals surface area contributed by atoms with E-state index in [0.29, 0.717) is 5.56 Å². The number of carbonyl (C=O) groups is 1. The van der Waals surface area contributed by atoms with Crippen molar-refractivity contribution in [3.05, 3.63) is 107 Å². The number of rotatable bonds is 3. The summed E-state index contributed by atoms with van der Waals surface area (Å²) in [6.45, 7) is 2.04. The lowest BCUT2D eigenvalue weighted by molar-refractivity contribution is 0.102. The van der Waals surface area contributed by atoms with E-state index in [4.69, 9.17) is 0 Å². The fourth-order valence-corrected chi connectivity index (χ4v) is 3.91. The van der Waals surface area contributed by atoms with E-state index in [0.717, 1.165) is 28.9 Å². The largest absolute Gasteiger partial charge is 0.322 e. The van der Waals surface area contributed by atoms with Crippen molar-refractivity contribution in [1.29, 1.82) is 0 Å². The molecule has 0 aliphatic heterocycles. The highest BCUT2D eigenvalue weighted by molar-refractivity contribution is 6.04. The summed E-state index contributed by atoms with van der Waals surface area (Å²) in [6, 6.07) is 26.2. The van der Waals surface area contributed by atoms with E-state index in [9.17, 15) is 4.79 Å². The Labute approximate surface area is 170 Å². The number of benzene rings is 3. The van der Waals surface area contributed by atoms with Crippen molar-refractivity contribution >= 4 is 11.6 Å². The maximum absolute atomic E-state index is 12.7. The highest BCUT2D eigenvalue weighted by Crippen LogP contribution is 2.37. The van der Waals surface area contributed by atoms with E-state index < -0.39 is 0 Å². The first kappa shape index (κ1) is 17.4. The van der Waals surface area contributed by atoms with E-state index in [1.165, 1.54) is 22.3 Å². The van der Waals surface area contributed by atoms with Crippen LogP contribution in [-0.2, 0) is 6.42 Å². The summed E-state index contributed by atoms with van der Waals surface area (Å²) in [5, 5.41) is 3.03. The van der Waals surface area contributed by atoms with Crippen LogP contribution in [-0.4, -0.2) is 10.9 Å². The molecule has 1 N–H and O–H groups in total. The molecular formula is C26H20N2O. The summed E-state index contributed by atoms with van der Waals surface area (Å²) in [5.41, 5.74) is 9.67. The smallest absolute Gasteiger partial charge is 0.255 e. The molecular weight excluding hydrogens is 356 g/mol. The molecule has 0 unspecified atom stereocenters. The number of hydrogen-bond acceptors (Lipinski definition) is 2. The second-order valence-electron chi connectivity index (χ2n) is 7.46. The van der Waals surface area contributed by atoms with Crippen molar-refractivity contribution in [2.45, 2.75) is 13.3 Å². The van der Waals surface area contributed by atoms with Gasteiger partial charge in [-0.25, -0.2) is 0 Å². The van der Waals surface area contributed by atoms with Crippen LogP contribution in [0.3, 0.4) is 0 Å². The van der Waals surface area contributed by atoms with Gasteiger partial charge in [0.25, 0.3) is 5.91 Å².